The average molecular weight is 1570 g/mol. The molecule has 0 spiro atoms. The van der Waals surface area contributed by atoms with E-state index in [0.29, 0.717) is 67.9 Å². The molecule has 582 valence electrons. The number of hydrogen-bond acceptors (Lipinski definition) is 21. The first-order valence-corrected chi connectivity index (χ1v) is 44.8. The van der Waals surface area contributed by atoms with Crippen molar-refractivity contribution in [1.82, 2.24) is 45.8 Å². The van der Waals surface area contributed by atoms with Crippen LogP contribution < -0.4 is 38.5 Å². The van der Waals surface area contributed by atoms with Crippen LogP contribution in [-0.2, 0) is 85.3 Å². The Kier molecular flexibility index (Phi) is 38.8. The van der Waals surface area contributed by atoms with Crippen molar-refractivity contribution in [2.45, 2.75) is 152 Å². The Labute approximate surface area is 622 Å². The van der Waals surface area contributed by atoms with Crippen LogP contribution in [0.1, 0.15) is 120 Å². The molecule has 3 aliphatic heterocycles. The van der Waals surface area contributed by atoms with E-state index in [2.05, 4.69) is 26.3 Å². The molecule has 2 aromatic carbocycles. The second-order valence-electron chi connectivity index (χ2n) is 26.8. The van der Waals surface area contributed by atoms with Crippen LogP contribution >= 0.6 is 57.4 Å². The fourth-order valence-corrected chi connectivity index (χ4v) is 18.4. The third-order valence-electron chi connectivity index (χ3n) is 18.0. The Bertz CT molecular complexity index is 3350. The average Bonchev–Trinajstić information content (AvgIpc) is 1.64. The highest BCUT2D eigenvalue weighted by atomic mass is 32.2. The number of primary amides is 3. The minimum absolute atomic E-state index is 0.0181. The molecule has 10 atom stereocenters. The topological polar surface area (TPSA) is 478 Å². The largest absolute Gasteiger partial charge is 0.386 e. The first-order chi connectivity index (χ1) is 49.3. The van der Waals surface area contributed by atoms with Crippen LogP contribution in [0, 0.1) is 11.8 Å². The summed E-state index contributed by atoms with van der Waals surface area (Å²) in [6.45, 7) is 7.32. The monoisotopic (exact) mass is 1570 g/mol. The van der Waals surface area contributed by atoms with Crippen molar-refractivity contribution in [2.24, 2.45) is 34.0 Å². The van der Waals surface area contributed by atoms with E-state index < -0.39 is 118 Å². The molecule has 5 unspecified atom stereocenters. The van der Waals surface area contributed by atoms with Crippen LogP contribution in [0.15, 0.2) is 53.5 Å². The zero-order valence-corrected chi connectivity index (χ0v) is 64.9. The fourth-order valence-electron chi connectivity index (χ4n) is 12.0. The number of hydrogen-bond donors (Lipinski definition) is 12. The molecule has 5 rings (SSSR count). The van der Waals surface area contributed by atoms with E-state index in [1.807, 2.05) is 25.1 Å². The van der Waals surface area contributed by atoms with Crippen molar-refractivity contribution in [3.05, 3.63) is 70.8 Å². The van der Waals surface area contributed by atoms with E-state index in [-0.39, 0.29) is 144 Å². The number of carbonyl (C=O) groups is 10. The minimum Gasteiger partial charge on any atom is -0.386 e. The van der Waals surface area contributed by atoms with Gasteiger partial charge >= 0.3 is 0 Å². The molecule has 3 saturated heterocycles. The number of carbonyl (C=O) groups excluding carboxylic acids is 10. The highest BCUT2D eigenvalue weighted by Gasteiger charge is 2.43. The lowest BCUT2D eigenvalue weighted by Crippen LogP contribution is -2.57. The van der Waals surface area contributed by atoms with Crippen molar-refractivity contribution in [3.63, 3.8) is 0 Å². The number of likely N-dealkylation sites (tertiary alicyclic amines) is 2. The number of nitrogens with zero attached hydrogens (tertiary/aromatic N) is 6. The lowest BCUT2D eigenvalue weighted by Gasteiger charge is -2.31. The summed E-state index contributed by atoms with van der Waals surface area (Å²) in [5.41, 5.74) is 20.2. The molecule has 0 aliphatic carbocycles. The number of amides is 10. The molecule has 0 aromatic heterocycles. The van der Waals surface area contributed by atoms with Gasteiger partial charge < -0.3 is 73.2 Å². The number of unbranched alkanes of at least 4 members (excludes halogenated alkanes) is 2. The fraction of sp³-hybridized carbons (Fsp3) is 0.657. The molecule has 0 saturated carbocycles. The van der Waals surface area contributed by atoms with Gasteiger partial charge in [-0.1, -0.05) is 82.1 Å². The lowest BCUT2D eigenvalue weighted by molar-refractivity contribution is -0.146. The molecule has 31 nitrogen and oxygen atoms in total. The lowest BCUT2D eigenvalue weighted by atomic mass is 10.0. The van der Waals surface area contributed by atoms with Gasteiger partial charge in [0.2, 0.25) is 81.2 Å². The number of nitrogens with two attached hydrogens (primary N) is 3. The molecule has 104 heavy (non-hydrogen) atoms. The van der Waals surface area contributed by atoms with Gasteiger partial charge in [-0.25, -0.2) is 4.99 Å². The summed E-state index contributed by atoms with van der Waals surface area (Å²) >= 11 is 4.17. The van der Waals surface area contributed by atoms with E-state index in [1.54, 1.807) is 58.9 Å². The number of aliphatic imine (C=N–C) groups is 1. The summed E-state index contributed by atoms with van der Waals surface area (Å²) in [7, 11) is -11.9. The maximum atomic E-state index is 14.6. The van der Waals surface area contributed by atoms with Crippen LogP contribution in [0.4, 0.5) is 0 Å². The maximum Gasteiger partial charge on any atom is 0.246 e. The standard InChI is InChI=1S/C67H108N13O18P3S3/c1-4-6-8-17-59(84)72-36-52(66(91)80-23-12-16-57(80)67(92)79-22-11-15-56(79)62(70)87)40-103-38-50-32-49(37-102-31-21-71-60(85)20-30-99(93,94)42-76-24-26-77(43-100(95,96)45-81)28-29-78(27-25-76)44-101(97,98)46-82)33-51(34-50)39-104-41-55(61(69)86)75-65(90)54(35-48-13-9-7-10-14-48)74-64(89)53(18-19-58(68)83)73-63(88)47(3)5-2/h7,9-10,13-14,32-34,36,47,52-57,81-82H,4-6,8,11-12,15-31,35,37-46H2,1-3H3,(H2,68,83)(H2,69,86)(H2,70,87)(H,71,85)(H,73,88)(H,74,89)(H,75,90)(H,93,94)(H,95,96)(H,97,98)/t47-,52?,53-,54-,55?,56-,57-/m0/s1. The quantitative estimate of drug-likeness (QED) is 0.0257. The number of aliphatic hydroxyl groups excluding tert-OH is 2. The first-order valence-electron chi connectivity index (χ1n) is 35.3. The van der Waals surface area contributed by atoms with E-state index in [4.69, 9.17) is 17.2 Å². The van der Waals surface area contributed by atoms with E-state index >= 15 is 0 Å². The number of aliphatic hydroxyl groups is 2. The molecule has 15 N–H and O–H groups in total. The molecule has 10 amide bonds. The Morgan fingerprint density at radius 2 is 1.13 bits per heavy atom. The third kappa shape index (κ3) is 32.1. The molecule has 2 aromatic rings. The van der Waals surface area contributed by atoms with Crippen molar-refractivity contribution >= 4 is 123 Å². The Balaban J connectivity index is 1.32. The van der Waals surface area contributed by atoms with Gasteiger partial charge in [0.1, 0.15) is 42.9 Å². The molecular formula is C67H108N13O18P3S3. The van der Waals surface area contributed by atoms with Gasteiger partial charge in [0, 0.05) is 137 Å². The molecule has 3 heterocycles. The molecule has 0 radical (unpaired) electrons. The summed E-state index contributed by atoms with van der Waals surface area (Å²) in [4.78, 5) is 177. The first kappa shape index (κ1) is 89.1. The minimum atomic E-state index is -4.01. The highest BCUT2D eigenvalue weighted by Crippen LogP contribution is 2.43. The summed E-state index contributed by atoms with van der Waals surface area (Å²) in [5, 5.41) is 29.9. The summed E-state index contributed by atoms with van der Waals surface area (Å²) in [6, 6.07) is 9.34. The van der Waals surface area contributed by atoms with Gasteiger partial charge in [-0.05, 0) is 67.2 Å². The Morgan fingerprint density at radius 3 is 1.67 bits per heavy atom. The Hall–Kier alpha value is -5.57. The zero-order chi connectivity index (χ0) is 76.6. The van der Waals surface area contributed by atoms with Crippen molar-refractivity contribution in [2.75, 3.05) is 114 Å². The van der Waals surface area contributed by atoms with Gasteiger partial charge in [0.25, 0.3) is 0 Å². The molecule has 0 bridgehead atoms. The van der Waals surface area contributed by atoms with Crippen LogP contribution in [0.3, 0.4) is 0 Å². The van der Waals surface area contributed by atoms with Crippen molar-refractivity contribution < 1.29 is 86.5 Å². The van der Waals surface area contributed by atoms with E-state index in [9.17, 15) is 86.5 Å². The SMILES string of the molecule is CCCCCC(=O)N=CC(CSCc1cc(CSCCNC(=O)CCP(=O)(O)CN2CCN(CP(=O)(O)CO)CCN(CP(=O)(O)CO)CC2)cc(CSCC(NC(=O)[C@H](Cc2ccccc2)NC(=O)[C@H](CCC(N)=O)NC(=O)[C@@H](C)CC)C(N)=O)c1)C(=O)N1CCC[C@H]1C(=O)N1CCC[C@H]1C(N)=O. The number of rotatable bonds is 45. The van der Waals surface area contributed by atoms with Crippen LogP contribution in [0.2, 0.25) is 0 Å². The van der Waals surface area contributed by atoms with E-state index in [0.717, 1.165) is 29.5 Å². The van der Waals surface area contributed by atoms with Crippen LogP contribution in [-0.4, -0.2) is 259 Å². The smallest absolute Gasteiger partial charge is 0.246 e. The number of nitrogens with one attached hydrogen (secondary N) is 4. The second-order valence-corrected chi connectivity index (χ2v) is 36.9. The van der Waals surface area contributed by atoms with Crippen molar-refractivity contribution in [1.29, 1.82) is 0 Å². The maximum absolute atomic E-state index is 14.6. The zero-order valence-electron chi connectivity index (χ0n) is 59.8. The highest BCUT2D eigenvalue weighted by molar-refractivity contribution is 7.99. The van der Waals surface area contributed by atoms with E-state index in [1.165, 1.54) is 51.3 Å². The van der Waals surface area contributed by atoms with Gasteiger partial charge in [0.05, 0.1) is 24.8 Å². The predicted octanol–water partition coefficient (Wildman–Crippen LogP) is 2.15. The van der Waals surface area contributed by atoms with Crippen molar-refractivity contribution in [3.8, 4) is 0 Å². The third-order valence-corrected chi connectivity index (χ3v) is 25.6. The van der Waals surface area contributed by atoms with Gasteiger partial charge in [0.15, 0.2) is 0 Å². The summed E-state index contributed by atoms with van der Waals surface area (Å²) < 4.78 is 38.7. The summed E-state index contributed by atoms with van der Waals surface area (Å²) in [5.74, 6) is -5.44. The molecule has 3 aliphatic rings. The van der Waals surface area contributed by atoms with Crippen LogP contribution in [0.5, 0.6) is 0 Å². The Morgan fingerprint density at radius 1 is 0.615 bits per heavy atom. The van der Waals surface area contributed by atoms with Gasteiger partial charge in [-0.15, -0.1) is 0 Å². The summed E-state index contributed by atoms with van der Waals surface area (Å²) in [6.07, 6.45) is 2.24. The van der Waals surface area contributed by atoms with Crippen LogP contribution in [0.25, 0.3) is 0 Å². The van der Waals surface area contributed by atoms with Gasteiger partial charge in [-0.2, -0.15) is 35.3 Å². The number of thioether (sulfide) groups is 3. The molecule has 3 fully saturated rings. The molecular weight excluding hydrogens is 1460 g/mol. The number of benzene rings is 2. The van der Waals surface area contributed by atoms with Gasteiger partial charge in [-0.3, -0.25) is 76.3 Å². The molecule has 37 heteroatoms. The normalized spacial score (nSPS) is 19.5. The second kappa shape index (κ2) is 45.3. The predicted molar refractivity (Wildman–Crippen MR) is 403 cm³/mol.